The maximum atomic E-state index is 12.2. The zero-order chi connectivity index (χ0) is 18.8. The van der Waals surface area contributed by atoms with E-state index in [1.165, 1.54) is 11.1 Å². The summed E-state index contributed by atoms with van der Waals surface area (Å²) < 4.78 is 4.92. The number of hydrogen-bond donors (Lipinski definition) is 2. The van der Waals surface area contributed by atoms with Gasteiger partial charge in [0.05, 0.1) is 23.6 Å². The number of carbonyl (C=O) groups excluding carboxylic acids is 2. The summed E-state index contributed by atoms with van der Waals surface area (Å²) in [5.41, 5.74) is 3.37. The molecule has 0 aliphatic rings. The normalized spacial score (nSPS) is 10.4. The molecule has 0 aromatic heterocycles. The monoisotopic (exact) mass is 372 g/mol. The van der Waals surface area contributed by atoms with Crippen LogP contribution < -0.4 is 10.6 Å². The highest BCUT2D eigenvalue weighted by Crippen LogP contribution is 2.17. The quantitative estimate of drug-likeness (QED) is 0.663. The number of thioether (sulfide) groups is 1. The minimum atomic E-state index is -0.231. The Kier molecular flexibility index (Phi) is 8.18. The zero-order valence-corrected chi connectivity index (χ0v) is 15.9. The third kappa shape index (κ3) is 6.54. The van der Waals surface area contributed by atoms with Gasteiger partial charge in [-0.15, -0.1) is 11.8 Å². The molecule has 0 spiro atoms. The predicted molar refractivity (Wildman–Crippen MR) is 107 cm³/mol. The SMILES string of the molecule is COCCNC(=O)c1ccccc1NC(=O)CSCc1cccc(C)c1. The molecule has 2 aromatic rings. The van der Waals surface area contributed by atoms with E-state index in [0.717, 1.165) is 5.75 Å². The fourth-order valence-corrected chi connectivity index (χ4v) is 3.18. The van der Waals surface area contributed by atoms with E-state index in [-0.39, 0.29) is 11.8 Å². The van der Waals surface area contributed by atoms with Crippen LogP contribution in [0.1, 0.15) is 21.5 Å². The first kappa shape index (κ1) is 20.0. The van der Waals surface area contributed by atoms with Crippen LogP contribution in [0.15, 0.2) is 48.5 Å². The van der Waals surface area contributed by atoms with E-state index >= 15 is 0 Å². The number of methoxy groups -OCH3 is 1. The highest BCUT2D eigenvalue weighted by molar-refractivity contribution is 7.99. The molecular formula is C20H24N2O3S. The Bertz CT molecular complexity index is 749. The summed E-state index contributed by atoms with van der Waals surface area (Å²) in [6.45, 7) is 2.91. The van der Waals surface area contributed by atoms with E-state index in [0.29, 0.717) is 30.2 Å². The summed E-state index contributed by atoms with van der Waals surface area (Å²) in [5.74, 6) is 0.743. The van der Waals surface area contributed by atoms with E-state index in [4.69, 9.17) is 4.74 Å². The molecule has 138 valence electrons. The molecule has 5 nitrogen and oxygen atoms in total. The highest BCUT2D eigenvalue weighted by atomic mass is 32.2. The Labute approximate surface area is 158 Å². The molecule has 26 heavy (non-hydrogen) atoms. The second-order valence-electron chi connectivity index (χ2n) is 5.82. The Morgan fingerprint density at radius 1 is 1.12 bits per heavy atom. The van der Waals surface area contributed by atoms with Crippen LogP contribution in [-0.2, 0) is 15.3 Å². The minimum absolute atomic E-state index is 0.125. The number of para-hydroxylation sites is 1. The van der Waals surface area contributed by atoms with Gasteiger partial charge in [0.1, 0.15) is 0 Å². The summed E-state index contributed by atoms with van der Waals surface area (Å²) in [6, 6.07) is 15.2. The number of nitrogens with one attached hydrogen (secondary N) is 2. The highest BCUT2D eigenvalue weighted by Gasteiger charge is 2.12. The van der Waals surface area contributed by atoms with Gasteiger partial charge in [-0.1, -0.05) is 42.0 Å². The molecule has 6 heteroatoms. The molecule has 0 saturated carbocycles. The van der Waals surface area contributed by atoms with E-state index < -0.39 is 0 Å². The van der Waals surface area contributed by atoms with Gasteiger partial charge in [0.15, 0.2) is 0 Å². The maximum Gasteiger partial charge on any atom is 0.253 e. The molecule has 0 radical (unpaired) electrons. The van der Waals surface area contributed by atoms with Gasteiger partial charge in [-0.3, -0.25) is 9.59 Å². The molecule has 2 N–H and O–H groups in total. The number of amides is 2. The number of ether oxygens (including phenoxy) is 1. The van der Waals surface area contributed by atoms with Gasteiger partial charge in [-0.05, 0) is 24.6 Å². The van der Waals surface area contributed by atoms with Crippen LogP contribution in [0.2, 0.25) is 0 Å². The largest absolute Gasteiger partial charge is 0.383 e. The lowest BCUT2D eigenvalue weighted by molar-refractivity contribution is -0.113. The van der Waals surface area contributed by atoms with Gasteiger partial charge in [0, 0.05) is 19.4 Å². The van der Waals surface area contributed by atoms with Gasteiger partial charge in [0.2, 0.25) is 5.91 Å². The summed E-state index contributed by atoms with van der Waals surface area (Å²) in [5, 5.41) is 5.59. The van der Waals surface area contributed by atoms with Crippen molar-refractivity contribution in [3.8, 4) is 0 Å². The minimum Gasteiger partial charge on any atom is -0.383 e. The number of benzene rings is 2. The third-order valence-corrected chi connectivity index (χ3v) is 4.63. The average molecular weight is 372 g/mol. The number of aryl methyl sites for hydroxylation is 1. The Morgan fingerprint density at radius 2 is 1.92 bits per heavy atom. The van der Waals surface area contributed by atoms with Gasteiger partial charge < -0.3 is 15.4 Å². The van der Waals surface area contributed by atoms with E-state index in [1.807, 2.05) is 6.07 Å². The van der Waals surface area contributed by atoms with E-state index in [9.17, 15) is 9.59 Å². The molecule has 0 atom stereocenters. The molecule has 0 unspecified atom stereocenters. The molecule has 0 heterocycles. The van der Waals surface area contributed by atoms with Crippen molar-refractivity contribution in [2.75, 3.05) is 31.3 Å². The molecule has 2 rings (SSSR count). The summed E-state index contributed by atoms with van der Waals surface area (Å²) in [6.07, 6.45) is 0. The smallest absolute Gasteiger partial charge is 0.253 e. The fourth-order valence-electron chi connectivity index (χ4n) is 2.40. The fraction of sp³-hybridized carbons (Fsp3) is 0.300. The summed E-state index contributed by atoms with van der Waals surface area (Å²) >= 11 is 1.54. The first-order chi connectivity index (χ1) is 12.6. The standard InChI is InChI=1S/C20H24N2O3S/c1-15-6-5-7-16(12-15)13-26-14-19(23)22-18-9-4-3-8-17(18)20(24)21-10-11-25-2/h3-9,12H,10-11,13-14H2,1-2H3,(H,21,24)(H,22,23). The van der Waals surface area contributed by atoms with Crippen molar-refractivity contribution in [2.24, 2.45) is 0 Å². The van der Waals surface area contributed by atoms with Crippen LogP contribution in [0.4, 0.5) is 5.69 Å². The van der Waals surface area contributed by atoms with Crippen LogP contribution in [0.25, 0.3) is 0 Å². The molecule has 0 aliphatic heterocycles. The average Bonchev–Trinajstić information content (AvgIpc) is 2.62. The lowest BCUT2D eigenvalue weighted by Gasteiger charge is -2.11. The molecule has 0 saturated heterocycles. The number of rotatable bonds is 9. The Morgan fingerprint density at radius 3 is 2.69 bits per heavy atom. The maximum absolute atomic E-state index is 12.2. The lowest BCUT2D eigenvalue weighted by Crippen LogP contribution is -2.28. The van der Waals surface area contributed by atoms with Crippen LogP contribution in [0, 0.1) is 6.92 Å². The van der Waals surface area contributed by atoms with Crippen LogP contribution in [-0.4, -0.2) is 37.8 Å². The first-order valence-corrected chi connectivity index (χ1v) is 9.55. The van der Waals surface area contributed by atoms with Gasteiger partial charge >= 0.3 is 0 Å². The first-order valence-electron chi connectivity index (χ1n) is 8.39. The van der Waals surface area contributed by atoms with Crippen LogP contribution >= 0.6 is 11.8 Å². The van der Waals surface area contributed by atoms with E-state index in [2.05, 4.69) is 35.8 Å². The molecule has 2 aromatic carbocycles. The second-order valence-corrected chi connectivity index (χ2v) is 6.81. The zero-order valence-electron chi connectivity index (χ0n) is 15.1. The third-order valence-electron chi connectivity index (χ3n) is 3.62. The topological polar surface area (TPSA) is 67.4 Å². The number of anilines is 1. The lowest BCUT2D eigenvalue weighted by atomic mass is 10.1. The van der Waals surface area contributed by atoms with Crippen molar-refractivity contribution in [1.29, 1.82) is 0 Å². The summed E-state index contributed by atoms with van der Waals surface area (Å²) in [7, 11) is 1.58. The van der Waals surface area contributed by atoms with Crippen molar-refractivity contribution in [3.63, 3.8) is 0 Å². The molecule has 0 aliphatic carbocycles. The molecule has 0 fully saturated rings. The van der Waals surface area contributed by atoms with Crippen molar-refractivity contribution in [1.82, 2.24) is 5.32 Å². The van der Waals surface area contributed by atoms with Gasteiger partial charge in [-0.25, -0.2) is 0 Å². The number of hydrogen-bond acceptors (Lipinski definition) is 4. The Balaban J connectivity index is 1.87. The van der Waals surface area contributed by atoms with E-state index in [1.54, 1.807) is 43.1 Å². The summed E-state index contributed by atoms with van der Waals surface area (Å²) in [4.78, 5) is 24.5. The molecule has 2 amide bonds. The Hall–Kier alpha value is -2.31. The van der Waals surface area contributed by atoms with Crippen LogP contribution in [0.5, 0.6) is 0 Å². The molecular weight excluding hydrogens is 348 g/mol. The number of carbonyl (C=O) groups is 2. The predicted octanol–water partition coefficient (Wildman–Crippen LogP) is 3.24. The molecule has 0 bridgehead atoms. The second kappa shape index (κ2) is 10.6. The van der Waals surface area contributed by atoms with Gasteiger partial charge in [-0.2, -0.15) is 0 Å². The van der Waals surface area contributed by atoms with Crippen molar-refractivity contribution in [3.05, 3.63) is 65.2 Å². The van der Waals surface area contributed by atoms with Crippen LogP contribution in [0.3, 0.4) is 0 Å². The van der Waals surface area contributed by atoms with Crippen molar-refractivity contribution >= 4 is 29.3 Å². The van der Waals surface area contributed by atoms with Gasteiger partial charge in [0.25, 0.3) is 5.91 Å². The van der Waals surface area contributed by atoms with Crippen molar-refractivity contribution < 1.29 is 14.3 Å². The van der Waals surface area contributed by atoms with Crippen molar-refractivity contribution in [2.45, 2.75) is 12.7 Å².